The van der Waals surface area contributed by atoms with Crippen LogP contribution in [-0.2, 0) is 9.53 Å². The zero-order chi connectivity index (χ0) is 22.4. The summed E-state index contributed by atoms with van der Waals surface area (Å²) in [5.74, 6) is 0.187. The van der Waals surface area contributed by atoms with Crippen LogP contribution >= 0.6 is 11.6 Å². The van der Waals surface area contributed by atoms with Crippen molar-refractivity contribution in [3.8, 4) is 5.75 Å². The van der Waals surface area contributed by atoms with Gasteiger partial charge in [0.15, 0.2) is 5.76 Å². The number of carbonyl (C=O) groups is 1. The minimum Gasteiger partial charge on any atom is -0.489 e. The van der Waals surface area contributed by atoms with Gasteiger partial charge in [0.2, 0.25) is 0 Å². The quantitative estimate of drug-likeness (QED) is 0.607. The Labute approximate surface area is 186 Å². The van der Waals surface area contributed by atoms with E-state index in [-0.39, 0.29) is 24.3 Å². The second kappa shape index (κ2) is 10.4. The third kappa shape index (κ3) is 5.44. The van der Waals surface area contributed by atoms with Gasteiger partial charge in [-0.15, -0.1) is 0 Å². The van der Waals surface area contributed by atoms with Gasteiger partial charge in [-0.1, -0.05) is 42.8 Å². The van der Waals surface area contributed by atoms with Crippen molar-refractivity contribution in [3.63, 3.8) is 0 Å². The minimum atomic E-state index is -0.990. The first-order valence-electron chi connectivity index (χ1n) is 10.00. The standard InChI is InChI=1S/C23H25ClN2O5/c1-3-10-25-23-26(19-7-5-4-6-15(19)2)22(29)21(31-23)12-16-8-9-20(18(24)11-16)30-14-17(28)13-27/h4-9,11-12,17,27-28H,3,10,13-14H2,1-2H3/b21-12?,25-23-. The Balaban J connectivity index is 1.88. The third-order valence-corrected chi connectivity index (χ3v) is 4.82. The molecule has 31 heavy (non-hydrogen) atoms. The third-order valence-electron chi connectivity index (χ3n) is 4.53. The number of amidine groups is 1. The number of rotatable bonds is 8. The van der Waals surface area contributed by atoms with Gasteiger partial charge in [-0.05, 0) is 48.7 Å². The molecule has 1 saturated heterocycles. The summed E-state index contributed by atoms with van der Waals surface area (Å²) in [6.45, 7) is 3.98. The maximum absolute atomic E-state index is 13.1. The molecule has 8 heteroatoms. The molecule has 0 aliphatic carbocycles. The second-order valence-corrected chi connectivity index (χ2v) is 7.45. The summed E-state index contributed by atoms with van der Waals surface area (Å²) in [4.78, 5) is 19.1. The van der Waals surface area contributed by atoms with Crippen LogP contribution in [0.4, 0.5) is 5.69 Å². The van der Waals surface area contributed by atoms with Gasteiger partial charge in [0.25, 0.3) is 0 Å². The van der Waals surface area contributed by atoms with E-state index in [4.69, 9.17) is 26.2 Å². The largest absolute Gasteiger partial charge is 0.489 e. The van der Waals surface area contributed by atoms with E-state index in [0.717, 1.165) is 17.7 Å². The summed E-state index contributed by atoms with van der Waals surface area (Å²) >= 11 is 6.26. The number of aryl methyl sites for hydroxylation is 1. The van der Waals surface area contributed by atoms with Crippen LogP contribution in [0.2, 0.25) is 5.02 Å². The topological polar surface area (TPSA) is 91.6 Å². The van der Waals surface area contributed by atoms with Gasteiger partial charge < -0.3 is 19.7 Å². The van der Waals surface area contributed by atoms with Gasteiger partial charge in [0.1, 0.15) is 18.5 Å². The molecule has 1 heterocycles. The molecule has 0 saturated carbocycles. The molecule has 0 bridgehead atoms. The lowest BCUT2D eigenvalue weighted by Crippen LogP contribution is -2.30. The molecule has 1 fully saturated rings. The highest BCUT2D eigenvalue weighted by Crippen LogP contribution is 2.31. The van der Waals surface area contributed by atoms with E-state index in [9.17, 15) is 9.90 Å². The van der Waals surface area contributed by atoms with Gasteiger partial charge in [0, 0.05) is 6.54 Å². The van der Waals surface area contributed by atoms with E-state index in [0.29, 0.717) is 22.9 Å². The number of carbonyl (C=O) groups excluding carboxylic acids is 1. The molecule has 1 aliphatic rings. The second-order valence-electron chi connectivity index (χ2n) is 7.04. The maximum Gasteiger partial charge on any atom is 0.305 e. The van der Waals surface area contributed by atoms with E-state index in [1.807, 2.05) is 38.1 Å². The fraction of sp³-hybridized carbons (Fsp3) is 0.304. The van der Waals surface area contributed by atoms with E-state index in [2.05, 4.69) is 4.99 Å². The van der Waals surface area contributed by atoms with Gasteiger partial charge in [-0.2, -0.15) is 0 Å². The average Bonchev–Trinajstić information content (AvgIpc) is 3.06. The maximum atomic E-state index is 13.1. The number of nitrogens with zero attached hydrogens (tertiary/aromatic N) is 2. The molecule has 0 radical (unpaired) electrons. The molecule has 2 aromatic carbocycles. The van der Waals surface area contributed by atoms with Crippen molar-refractivity contribution in [2.24, 2.45) is 4.99 Å². The Morgan fingerprint density at radius 3 is 2.74 bits per heavy atom. The molecule has 1 aliphatic heterocycles. The number of amides is 1. The minimum absolute atomic E-state index is 0.0824. The van der Waals surface area contributed by atoms with Crippen molar-refractivity contribution in [1.29, 1.82) is 0 Å². The van der Waals surface area contributed by atoms with Crippen LogP contribution < -0.4 is 9.64 Å². The molecule has 2 aromatic rings. The lowest BCUT2D eigenvalue weighted by molar-refractivity contribution is -0.114. The summed E-state index contributed by atoms with van der Waals surface area (Å²) in [6, 6.07) is 12.8. The van der Waals surface area contributed by atoms with Crippen LogP contribution in [-0.4, -0.2) is 48.0 Å². The SMILES string of the molecule is CCC/N=C1\OC(=Cc2ccc(OCC(O)CO)c(Cl)c2)C(=O)N1c1ccccc1C. The summed E-state index contributed by atoms with van der Waals surface area (Å²) in [6.07, 6.45) is 1.43. The molecule has 1 unspecified atom stereocenters. The van der Waals surface area contributed by atoms with Crippen LogP contribution in [0, 0.1) is 6.92 Å². The number of anilines is 1. The highest BCUT2D eigenvalue weighted by molar-refractivity contribution is 6.32. The number of halogens is 1. The van der Waals surface area contributed by atoms with Gasteiger partial charge in [-0.3, -0.25) is 4.79 Å². The fourth-order valence-electron chi connectivity index (χ4n) is 2.93. The lowest BCUT2D eigenvalue weighted by Gasteiger charge is -2.15. The Morgan fingerprint density at radius 1 is 1.29 bits per heavy atom. The van der Waals surface area contributed by atoms with Gasteiger partial charge in [-0.25, -0.2) is 9.89 Å². The molecular weight excluding hydrogens is 420 g/mol. The van der Waals surface area contributed by atoms with Crippen LogP contribution in [0.5, 0.6) is 5.75 Å². The number of hydrogen-bond acceptors (Lipinski definition) is 6. The number of aliphatic imine (C=N–C) groups is 1. The molecule has 1 atom stereocenters. The Morgan fingerprint density at radius 2 is 2.06 bits per heavy atom. The number of ether oxygens (including phenoxy) is 2. The van der Waals surface area contributed by atoms with E-state index in [1.165, 1.54) is 4.90 Å². The Hall–Kier alpha value is -2.87. The molecule has 7 nitrogen and oxygen atoms in total. The van der Waals surface area contributed by atoms with Crippen molar-refractivity contribution < 1.29 is 24.5 Å². The molecular formula is C23H25ClN2O5. The molecule has 0 aromatic heterocycles. The highest BCUT2D eigenvalue weighted by atomic mass is 35.5. The zero-order valence-electron chi connectivity index (χ0n) is 17.4. The van der Waals surface area contributed by atoms with Crippen LogP contribution in [0.15, 0.2) is 53.2 Å². The number of para-hydroxylation sites is 1. The van der Waals surface area contributed by atoms with Crippen molar-refractivity contribution in [2.75, 3.05) is 24.7 Å². The molecule has 3 rings (SSSR count). The lowest BCUT2D eigenvalue weighted by atomic mass is 10.1. The van der Waals surface area contributed by atoms with Gasteiger partial charge in [0.05, 0.1) is 17.3 Å². The first-order valence-corrected chi connectivity index (χ1v) is 10.4. The molecule has 1 amide bonds. The predicted octanol–water partition coefficient (Wildman–Crippen LogP) is 3.55. The van der Waals surface area contributed by atoms with Crippen molar-refractivity contribution in [3.05, 3.63) is 64.4 Å². The predicted molar refractivity (Wildman–Crippen MR) is 120 cm³/mol. The van der Waals surface area contributed by atoms with E-state index >= 15 is 0 Å². The van der Waals surface area contributed by atoms with Gasteiger partial charge >= 0.3 is 11.9 Å². The summed E-state index contributed by atoms with van der Waals surface area (Å²) in [5, 5.41) is 18.6. The van der Waals surface area contributed by atoms with E-state index in [1.54, 1.807) is 24.3 Å². The summed E-state index contributed by atoms with van der Waals surface area (Å²) in [5.41, 5.74) is 2.29. The zero-order valence-corrected chi connectivity index (χ0v) is 18.2. The van der Waals surface area contributed by atoms with Crippen LogP contribution in [0.3, 0.4) is 0 Å². The highest BCUT2D eigenvalue weighted by Gasteiger charge is 2.36. The number of benzene rings is 2. The smallest absolute Gasteiger partial charge is 0.305 e. The normalized spacial score (nSPS) is 17.3. The summed E-state index contributed by atoms with van der Waals surface area (Å²) in [7, 11) is 0. The van der Waals surface area contributed by atoms with Crippen molar-refractivity contribution >= 4 is 35.3 Å². The average molecular weight is 445 g/mol. The number of aliphatic hydroxyl groups excluding tert-OH is 2. The first kappa shape index (κ1) is 22.8. The van der Waals surface area contributed by atoms with Crippen LogP contribution in [0.1, 0.15) is 24.5 Å². The van der Waals surface area contributed by atoms with Crippen molar-refractivity contribution in [2.45, 2.75) is 26.4 Å². The fourth-order valence-corrected chi connectivity index (χ4v) is 3.17. The molecule has 0 spiro atoms. The van der Waals surface area contributed by atoms with Crippen LogP contribution in [0.25, 0.3) is 6.08 Å². The number of hydrogen-bond donors (Lipinski definition) is 2. The monoisotopic (exact) mass is 444 g/mol. The Kier molecular flexibility index (Phi) is 7.68. The van der Waals surface area contributed by atoms with Crippen molar-refractivity contribution in [1.82, 2.24) is 0 Å². The summed E-state index contributed by atoms with van der Waals surface area (Å²) < 4.78 is 11.2. The number of aliphatic hydroxyl groups is 2. The Bertz CT molecular complexity index is 1010. The molecule has 2 N–H and O–H groups in total. The van der Waals surface area contributed by atoms with E-state index < -0.39 is 12.7 Å². The molecule has 164 valence electrons. The first-order chi connectivity index (χ1) is 14.9.